The average Bonchev–Trinajstić information content (AvgIpc) is 3.39. The molecule has 10 heteroatoms. The molecule has 0 saturated carbocycles. The van der Waals surface area contributed by atoms with Gasteiger partial charge in [0.25, 0.3) is 5.91 Å². The standard InChI is InChI=1S/C17H15F3N4O3/c1-26-11-2-3-23(8-11)16(25)13-5-22-15-12(14-6-21-9-27-14)4-10(7-24(13)15)17(18,19)20/h4-7,9,11H,2-3,8H2,1H3/t11-/m1/s1. The molecule has 142 valence electrons. The van der Waals surface area contributed by atoms with Crippen LogP contribution in [-0.4, -0.2) is 51.5 Å². The van der Waals surface area contributed by atoms with Crippen LogP contribution < -0.4 is 0 Å². The van der Waals surface area contributed by atoms with Gasteiger partial charge in [-0.25, -0.2) is 9.97 Å². The SMILES string of the molecule is CO[C@@H]1CCN(C(=O)c2cnc3c(-c4cnco4)cc(C(F)(F)F)cn23)C1. The molecular formula is C17H15F3N4O3. The quantitative estimate of drug-likeness (QED) is 0.699. The lowest BCUT2D eigenvalue weighted by atomic mass is 10.1. The molecule has 1 amide bonds. The maximum Gasteiger partial charge on any atom is 0.417 e. The van der Waals surface area contributed by atoms with Gasteiger partial charge in [0.2, 0.25) is 0 Å². The topological polar surface area (TPSA) is 72.9 Å². The first-order chi connectivity index (χ1) is 12.9. The number of nitrogens with zero attached hydrogens (tertiary/aromatic N) is 4. The third-order valence-electron chi connectivity index (χ3n) is 4.62. The van der Waals surface area contributed by atoms with E-state index < -0.39 is 17.6 Å². The van der Waals surface area contributed by atoms with Crippen molar-refractivity contribution in [1.29, 1.82) is 0 Å². The number of ether oxygens (including phenoxy) is 1. The van der Waals surface area contributed by atoms with Crippen molar-refractivity contribution in [3.8, 4) is 11.3 Å². The first kappa shape index (κ1) is 17.5. The Kier molecular flexibility index (Phi) is 4.14. The summed E-state index contributed by atoms with van der Waals surface area (Å²) < 4.78 is 51.7. The second kappa shape index (κ2) is 6.38. The van der Waals surface area contributed by atoms with Gasteiger partial charge in [-0.2, -0.15) is 13.2 Å². The zero-order valence-corrected chi connectivity index (χ0v) is 14.2. The Balaban J connectivity index is 1.84. The highest BCUT2D eigenvalue weighted by atomic mass is 19.4. The molecule has 1 fully saturated rings. The molecule has 0 spiro atoms. The van der Waals surface area contributed by atoms with Gasteiger partial charge in [-0.1, -0.05) is 0 Å². The fourth-order valence-electron chi connectivity index (χ4n) is 3.20. The summed E-state index contributed by atoms with van der Waals surface area (Å²) in [7, 11) is 1.56. The van der Waals surface area contributed by atoms with Crippen molar-refractivity contribution >= 4 is 11.6 Å². The highest BCUT2D eigenvalue weighted by Crippen LogP contribution is 2.34. The van der Waals surface area contributed by atoms with Gasteiger partial charge in [-0.3, -0.25) is 9.20 Å². The van der Waals surface area contributed by atoms with Crippen LogP contribution in [-0.2, 0) is 10.9 Å². The molecule has 1 saturated heterocycles. The minimum atomic E-state index is -4.59. The molecule has 1 aliphatic rings. The summed E-state index contributed by atoms with van der Waals surface area (Å²) in [4.78, 5) is 22.3. The van der Waals surface area contributed by atoms with Crippen LogP contribution >= 0.6 is 0 Å². The van der Waals surface area contributed by atoms with E-state index in [9.17, 15) is 18.0 Å². The number of aromatic nitrogens is 3. The maximum atomic E-state index is 13.4. The summed E-state index contributed by atoms with van der Waals surface area (Å²) in [6, 6.07) is 0.938. The van der Waals surface area contributed by atoms with Crippen LogP contribution in [0, 0.1) is 0 Å². The van der Waals surface area contributed by atoms with Crippen molar-refractivity contribution in [2.45, 2.75) is 18.7 Å². The Hall–Kier alpha value is -2.88. The van der Waals surface area contributed by atoms with Crippen LogP contribution in [0.25, 0.3) is 17.0 Å². The van der Waals surface area contributed by atoms with Gasteiger partial charge in [0.05, 0.1) is 29.6 Å². The van der Waals surface area contributed by atoms with Crippen molar-refractivity contribution in [2.75, 3.05) is 20.2 Å². The van der Waals surface area contributed by atoms with Crippen molar-refractivity contribution in [3.63, 3.8) is 0 Å². The lowest BCUT2D eigenvalue weighted by Gasteiger charge is -2.16. The van der Waals surface area contributed by atoms with Gasteiger partial charge in [0.15, 0.2) is 12.2 Å². The molecule has 3 aromatic rings. The summed E-state index contributed by atoms with van der Waals surface area (Å²) in [6.45, 7) is 0.856. The number of alkyl halides is 3. The van der Waals surface area contributed by atoms with E-state index in [2.05, 4.69) is 9.97 Å². The number of rotatable bonds is 3. The Morgan fingerprint density at radius 3 is 2.81 bits per heavy atom. The van der Waals surface area contributed by atoms with Gasteiger partial charge >= 0.3 is 6.18 Å². The van der Waals surface area contributed by atoms with Gasteiger partial charge in [0, 0.05) is 26.4 Å². The normalized spacial score (nSPS) is 17.8. The highest BCUT2D eigenvalue weighted by molar-refractivity contribution is 5.94. The van der Waals surface area contributed by atoms with Gasteiger partial charge in [-0.05, 0) is 12.5 Å². The van der Waals surface area contributed by atoms with Crippen LogP contribution in [0.2, 0.25) is 0 Å². The number of imidazole rings is 1. The monoisotopic (exact) mass is 380 g/mol. The van der Waals surface area contributed by atoms with E-state index in [-0.39, 0.29) is 28.8 Å². The minimum absolute atomic E-state index is 0.0496. The Bertz CT molecular complexity index is 981. The van der Waals surface area contributed by atoms with E-state index in [1.807, 2.05) is 0 Å². The first-order valence-electron chi connectivity index (χ1n) is 8.17. The fourth-order valence-corrected chi connectivity index (χ4v) is 3.20. The van der Waals surface area contributed by atoms with Crippen molar-refractivity contribution in [1.82, 2.24) is 19.3 Å². The number of pyridine rings is 1. The maximum absolute atomic E-state index is 13.4. The number of methoxy groups -OCH3 is 1. The van der Waals surface area contributed by atoms with Gasteiger partial charge in [0.1, 0.15) is 11.3 Å². The Morgan fingerprint density at radius 2 is 2.19 bits per heavy atom. The second-order valence-electron chi connectivity index (χ2n) is 6.24. The lowest BCUT2D eigenvalue weighted by Crippen LogP contribution is -2.30. The van der Waals surface area contributed by atoms with Crippen LogP contribution in [0.1, 0.15) is 22.5 Å². The number of oxazole rings is 1. The van der Waals surface area contributed by atoms with Crippen molar-refractivity contribution in [2.24, 2.45) is 0 Å². The zero-order valence-electron chi connectivity index (χ0n) is 14.2. The lowest BCUT2D eigenvalue weighted by molar-refractivity contribution is -0.137. The van der Waals surface area contributed by atoms with E-state index >= 15 is 0 Å². The largest absolute Gasteiger partial charge is 0.443 e. The molecule has 7 nitrogen and oxygen atoms in total. The average molecular weight is 380 g/mol. The summed E-state index contributed by atoms with van der Waals surface area (Å²) in [5, 5.41) is 0. The summed E-state index contributed by atoms with van der Waals surface area (Å²) in [5.41, 5.74) is -0.568. The van der Waals surface area contributed by atoms with E-state index in [4.69, 9.17) is 9.15 Å². The molecule has 0 N–H and O–H groups in total. The Morgan fingerprint density at radius 1 is 1.37 bits per heavy atom. The van der Waals surface area contributed by atoms with Crippen LogP contribution in [0.3, 0.4) is 0 Å². The second-order valence-corrected chi connectivity index (χ2v) is 6.24. The molecule has 3 aromatic heterocycles. The summed E-state index contributed by atoms with van der Waals surface area (Å²) in [5.74, 6) is -0.263. The molecule has 4 heterocycles. The molecule has 0 bridgehead atoms. The van der Waals surface area contributed by atoms with Crippen LogP contribution in [0.5, 0.6) is 0 Å². The van der Waals surface area contributed by atoms with E-state index in [0.717, 1.165) is 23.1 Å². The smallest absolute Gasteiger partial charge is 0.417 e. The number of carbonyl (C=O) groups excluding carboxylic acids is 1. The number of amides is 1. The van der Waals surface area contributed by atoms with E-state index in [1.165, 1.54) is 12.4 Å². The summed E-state index contributed by atoms with van der Waals surface area (Å²) in [6.07, 6.45) is 0.574. The molecule has 0 unspecified atom stereocenters. The number of fused-ring (bicyclic) bond motifs is 1. The number of carbonyl (C=O) groups is 1. The fraction of sp³-hybridized carbons (Fsp3) is 0.353. The molecule has 0 radical (unpaired) electrons. The Labute approximate surface area is 151 Å². The molecular weight excluding hydrogens is 365 g/mol. The number of halogens is 3. The predicted octanol–water partition coefficient (Wildman–Crippen LogP) is 2.87. The van der Waals surface area contributed by atoms with Crippen LogP contribution in [0.4, 0.5) is 13.2 Å². The molecule has 0 aliphatic carbocycles. The van der Waals surface area contributed by atoms with Crippen molar-refractivity contribution in [3.05, 3.63) is 42.3 Å². The minimum Gasteiger partial charge on any atom is -0.443 e. The van der Waals surface area contributed by atoms with Gasteiger partial charge in [-0.15, -0.1) is 0 Å². The molecule has 1 atom stereocenters. The highest BCUT2D eigenvalue weighted by Gasteiger charge is 2.34. The molecule has 4 rings (SSSR count). The number of likely N-dealkylation sites (tertiary alicyclic amines) is 1. The van der Waals surface area contributed by atoms with E-state index in [1.54, 1.807) is 12.0 Å². The molecule has 1 aliphatic heterocycles. The first-order valence-corrected chi connectivity index (χ1v) is 8.17. The number of hydrogen-bond donors (Lipinski definition) is 0. The van der Waals surface area contributed by atoms with Crippen LogP contribution in [0.15, 0.2) is 35.5 Å². The zero-order chi connectivity index (χ0) is 19.2. The summed E-state index contributed by atoms with van der Waals surface area (Å²) >= 11 is 0. The third kappa shape index (κ3) is 3.05. The van der Waals surface area contributed by atoms with Crippen molar-refractivity contribution < 1.29 is 27.1 Å². The molecule has 27 heavy (non-hydrogen) atoms. The van der Waals surface area contributed by atoms with Gasteiger partial charge < -0.3 is 14.1 Å². The predicted molar refractivity (Wildman–Crippen MR) is 87.0 cm³/mol. The number of hydrogen-bond acceptors (Lipinski definition) is 5. The van der Waals surface area contributed by atoms with E-state index in [0.29, 0.717) is 19.5 Å². The molecule has 0 aromatic carbocycles. The third-order valence-corrected chi connectivity index (χ3v) is 4.62.